The number of carbonyl (C=O) groups excluding carboxylic acids is 3. The van der Waals surface area contributed by atoms with E-state index < -0.39 is 17.1 Å². The van der Waals surface area contributed by atoms with E-state index in [-0.39, 0.29) is 17.6 Å². The lowest BCUT2D eigenvalue weighted by Gasteiger charge is -2.13. The summed E-state index contributed by atoms with van der Waals surface area (Å²) in [6.07, 6.45) is 1.35. The van der Waals surface area contributed by atoms with Gasteiger partial charge in [0.1, 0.15) is 18.9 Å². The molecule has 168 valence electrons. The van der Waals surface area contributed by atoms with Gasteiger partial charge in [-0.15, -0.1) is 0 Å². The van der Waals surface area contributed by atoms with Gasteiger partial charge in [-0.2, -0.15) is 0 Å². The van der Waals surface area contributed by atoms with Crippen LogP contribution in [0.1, 0.15) is 30.5 Å². The van der Waals surface area contributed by atoms with Gasteiger partial charge in [-0.05, 0) is 107 Å². The smallest absolute Gasteiger partial charge is 0.326 e. The summed E-state index contributed by atoms with van der Waals surface area (Å²) in [6.45, 7) is 5.53. The van der Waals surface area contributed by atoms with E-state index >= 15 is 0 Å². The fourth-order valence-electron chi connectivity index (χ4n) is 2.98. The number of halogens is 2. The Bertz CT molecular complexity index is 1080. The maximum atomic E-state index is 12.6. The van der Waals surface area contributed by atoms with Crippen molar-refractivity contribution in [2.45, 2.75) is 33.5 Å². The Kier molecular flexibility index (Phi) is 8.62. The first-order valence-corrected chi connectivity index (χ1v) is 12.7. The molecule has 0 radical (unpaired) electrons. The molecule has 1 aliphatic rings. The number of imide groups is 1. The summed E-state index contributed by atoms with van der Waals surface area (Å²) in [5.74, 6) is -0.331. The molecule has 1 fully saturated rings. The molecule has 0 bridgehead atoms. The minimum Gasteiger partial charge on any atom is -0.487 e. The molecule has 0 aromatic heterocycles. The van der Waals surface area contributed by atoms with Crippen molar-refractivity contribution in [1.82, 2.24) is 4.90 Å². The first-order valence-electron chi connectivity index (χ1n) is 9.76. The zero-order chi connectivity index (χ0) is 23.4. The molecule has 32 heavy (non-hydrogen) atoms. The van der Waals surface area contributed by atoms with Crippen molar-refractivity contribution in [1.29, 1.82) is 0 Å². The van der Waals surface area contributed by atoms with E-state index in [0.717, 1.165) is 40.7 Å². The number of amides is 2. The van der Waals surface area contributed by atoms with Crippen molar-refractivity contribution in [2.24, 2.45) is 0 Å². The van der Waals surface area contributed by atoms with Gasteiger partial charge >= 0.3 is 5.97 Å². The average Bonchev–Trinajstić information content (AvgIpc) is 2.94. The number of aryl methyl sites for hydroxylation is 1. The summed E-state index contributed by atoms with van der Waals surface area (Å²) >= 11 is 5.21. The highest BCUT2D eigenvalue weighted by molar-refractivity contribution is 14.1. The maximum absolute atomic E-state index is 12.6. The van der Waals surface area contributed by atoms with Gasteiger partial charge < -0.3 is 9.47 Å². The van der Waals surface area contributed by atoms with Gasteiger partial charge in [0.05, 0.1) is 18.1 Å². The highest BCUT2D eigenvalue weighted by atomic mass is 127. The molecule has 3 rings (SSSR count). The van der Waals surface area contributed by atoms with E-state index in [1.54, 1.807) is 19.9 Å². The van der Waals surface area contributed by atoms with E-state index in [0.29, 0.717) is 6.61 Å². The van der Waals surface area contributed by atoms with Crippen LogP contribution in [0.15, 0.2) is 41.3 Å². The van der Waals surface area contributed by atoms with Crippen molar-refractivity contribution in [3.63, 3.8) is 0 Å². The summed E-state index contributed by atoms with van der Waals surface area (Å²) in [7, 11) is 0. The topological polar surface area (TPSA) is 72.9 Å². The highest BCUT2D eigenvalue weighted by Crippen LogP contribution is 2.35. The summed E-state index contributed by atoms with van der Waals surface area (Å²) in [4.78, 5) is 37.9. The second-order valence-corrected chi connectivity index (χ2v) is 10.7. The van der Waals surface area contributed by atoms with Crippen LogP contribution < -0.4 is 4.74 Å². The molecule has 1 aliphatic heterocycles. The van der Waals surface area contributed by atoms with Crippen LogP contribution in [0.2, 0.25) is 0 Å². The molecule has 0 aliphatic carbocycles. The fraction of sp³-hybridized carbons (Fsp3) is 0.261. The largest absolute Gasteiger partial charge is 0.487 e. The molecule has 0 atom stereocenters. The molecule has 1 saturated heterocycles. The SMILES string of the molecule is Cc1cccc(COc2c(I)cc(/C=C3/SC(=O)N(CC(=O)OC(C)C)C3=O)cc2I)c1. The van der Waals surface area contributed by atoms with Crippen LogP contribution in [-0.4, -0.2) is 34.7 Å². The summed E-state index contributed by atoms with van der Waals surface area (Å²) < 4.78 is 12.9. The highest BCUT2D eigenvalue weighted by Gasteiger charge is 2.36. The van der Waals surface area contributed by atoms with Crippen LogP contribution in [-0.2, 0) is 20.9 Å². The Morgan fingerprint density at radius 1 is 1.16 bits per heavy atom. The van der Waals surface area contributed by atoms with Crippen molar-refractivity contribution in [2.75, 3.05) is 6.54 Å². The number of esters is 1. The lowest BCUT2D eigenvalue weighted by Crippen LogP contribution is -2.35. The third kappa shape index (κ3) is 6.47. The number of benzene rings is 2. The maximum Gasteiger partial charge on any atom is 0.326 e. The number of ether oxygens (including phenoxy) is 2. The van der Waals surface area contributed by atoms with Crippen LogP contribution in [0.4, 0.5) is 4.79 Å². The quantitative estimate of drug-likeness (QED) is 0.211. The predicted octanol–water partition coefficient (Wildman–Crippen LogP) is 5.77. The molecule has 2 aromatic rings. The van der Waals surface area contributed by atoms with Crippen LogP contribution >= 0.6 is 56.9 Å². The Morgan fingerprint density at radius 2 is 1.84 bits per heavy atom. The average molecular weight is 677 g/mol. The third-order valence-electron chi connectivity index (χ3n) is 4.31. The lowest BCUT2D eigenvalue weighted by molar-refractivity contribution is -0.149. The molecule has 1 heterocycles. The lowest BCUT2D eigenvalue weighted by atomic mass is 10.1. The molecule has 0 unspecified atom stereocenters. The van der Waals surface area contributed by atoms with E-state index in [4.69, 9.17) is 9.47 Å². The number of hydrogen-bond acceptors (Lipinski definition) is 6. The summed E-state index contributed by atoms with van der Waals surface area (Å²) in [5.41, 5.74) is 3.04. The zero-order valence-corrected chi connectivity index (χ0v) is 22.8. The van der Waals surface area contributed by atoms with E-state index in [9.17, 15) is 14.4 Å². The van der Waals surface area contributed by atoms with Gasteiger partial charge in [0, 0.05) is 0 Å². The minimum absolute atomic E-state index is 0.271. The standard InChI is InChI=1S/C23H21I2NO5S/c1-13(2)31-20(27)11-26-22(28)19(32-23(26)29)10-16-8-17(24)21(18(25)9-16)30-12-15-6-4-5-14(3)7-15/h4-10,13H,11-12H2,1-3H3/b19-10+. The van der Waals surface area contributed by atoms with Gasteiger partial charge in [-0.25, -0.2) is 0 Å². The molecule has 2 amide bonds. The summed E-state index contributed by atoms with van der Waals surface area (Å²) in [6, 6.07) is 11.9. The molecular weight excluding hydrogens is 656 g/mol. The monoisotopic (exact) mass is 677 g/mol. The normalized spacial score (nSPS) is 15.1. The Hall–Kier alpha value is -1.60. The van der Waals surface area contributed by atoms with Crippen LogP contribution in [0.3, 0.4) is 0 Å². The molecule has 2 aromatic carbocycles. The zero-order valence-electron chi connectivity index (χ0n) is 17.7. The second-order valence-electron chi connectivity index (χ2n) is 7.40. The number of nitrogens with zero attached hydrogens (tertiary/aromatic N) is 1. The van der Waals surface area contributed by atoms with Gasteiger partial charge in [-0.1, -0.05) is 29.8 Å². The van der Waals surface area contributed by atoms with Gasteiger partial charge in [0.25, 0.3) is 11.1 Å². The molecule has 9 heteroatoms. The van der Waals surface area contributed by atoms with Gasteiger partial charge in [0.2, 0.25) is 0 Å². The van der Waals surface area contributed by atoms with E-state index in [1.807, 2.05) is 37.3 Å². The molecule has 6 nitrogen and oxygen atoms in total. The van der Waals surface area contributed by atoms with E-state index in [1.165, 1.54) is 5.56 Å². The van der Waals surface area contributed by atoms with E-state index in [2.05, 4.69) is 51.2 Å². The predicted molar refractivity (Wildman–Crippen MR) is 141 cm³/mol. The molecule has 0 spiro atoms. The van der Waals surface area contributed by atoms with Crippen molar-refractivity contribution in [3.05, 3.63) is 65.1 Å². The Morgan fingerprint density at radius 3 is 2.47 bits per heavy atom. The minimum atomic E-state index is -0.609. The number of carbonyl (C=O) groups is 3. The van der Waals surface area contributed by atoms with Crippen LogP contribution in [0, 0.1) is 14.1 Å². The Balaban J connectivity index is 1.73. The van der Waals surface area contributed by atoms with Crippen molar-refractivity contribution in [3.8, 4) is 5.75 Å². The van der Waals surface area contributed by atoms with Gasteiger partial charge in [0.15, 0.2) is 0 Å². The molecule has 0 saturated carbocycles. The van der Waals surface area contributed by atoms with Crippen molar-refractivity contribution >= 4 is 80.1 Å². The van der Waals surface area contributed by atoms with Crippen LogP contribution in [0.25, 0.3) is 6.08 Å². The van der Waals surface area contributed by atoms with Crippen LogP contribution in [0.5, 0.6) is 5.75 Å². The third-order valence-corrected chi connectivity index (χ3v) is 6.82. The first kappa shape index (κ1) is 25.0. The molecular formula is C23H21I2NO5S. The summed E-state index contributed by atoms with van der Waals surface area (Å²) in [5, 5.41) is -0.482. The number of thioether (sulfide) groups is 1. The first-order chi connectivity index (χ1) is 15.1. The second kappa shape index (κ2) is 11.0. The molecule has 0 N–H and O–H groups in total. The number of rotatable bonds is 7. The number of hydrogen-bond donors (Lipinski definition) is 0. The fourth-order valence-corrected chi connectivity index (χ4v) is 5.94. The van der Waals surface area contributed by atoms with Gasteiger partial charge in [-0.3, -0.25) is 19.3 Å². The Labute approximate surface area is 218 Å². The van der Waals surface area contributed by atoms with Crippen molar-refractivity contribution < 1.29 is 23.9 Å².